The second-order valence-corrected chi connectivity index (χ2v) is 3.50. The van der Waals surface area contributed by atoms with E-state index >= 15 is 0 Å². The number of pyridine rings is 1. The Kier molecular flexibility index (Phi) is 4.28. The zero-order valence-electron chi connectivity index (χ0n) is 9.50. The Balaban J connectivity index is 3.22. The molecule has 1 heterocycles. The molecule has 1 unspecified atom stereocenters. The number of nitrogens with zero attached hydrogens (tertiary/aromatic N) is 1. The molecule has 1 aromatic rings. The Labute approximate surface area is 98.1 Å². The second kappa shape index (κ2) is 5.31. The first-order valence-electron chi connectivity index (χ1n) is 5.23. The number of ether oxygens (including phenoxy) is 1. The number of rotatable bonds is 5. The van der Waals surface area contributed by atoms with Gasteiger partial charge in [-0.3, -0.25) is 4.98 Å². The first kappa shape index (κ1) is 13.7. The molecule has 0 saturated carbocycles. The molecule has 1 atom stereocenters. The van der Waals surface area contributed by atoms with Crippen molar-refractivity contribution in [1.29, 1.82) is 0 Å². The minimum atomic E-state index is -4.59. The third-order valence-corrected chi connectivity index (χ3v) is 2.29. The van der Waals surface area contributed by atoms with Gasteiger partial charge in [0.05, 0.1) is 5.69 Å². The molecule has 0 saturated heterocycles. The highest BCUT2D eigenvalue weighted by Crippen LogP contribution is 2.42. The lowest BCUT2D eigenvalue weighted by Crippen LogP contribution is -2.44. The Morgan fingerprint density at radius 1 is 1.41 bits per heavy atom. The molecule has 0 fully saturated rings. The second-order valence-electron chi connectivity index (χ2n) is 3.50. The molecule has 0 bridgehead atoms. The van der Waals surface area contributed by atoms with E-state index in [0.29, 0.717) is 6.42 Å². The van der Waals surface area contributed by atoms with Crippen molar-refractivity contribution in [3.63, 3.8) is 0 Å². The van der Waals surface area contributed by atoms with E-state index in [1.54, 1.807) is 13.0 Å². The summed E-state index contributed by atoms with van der Waals surface area (Å²) in [5.74, 6) is 0. The summed E-state index contributed by atoms with van der Waals surface area (Å²) in [5.41, 5.74) is -2.72. The molecule has 0 spiro atoms. The van der Waals surface area contributed by atoms with E-state index in [4.69, 9.17) is 4.74 Å². The summed E-state index contributed by atoms with van der Waals surface area (Å²) in [5, 5.41) is 0. The molecule has 0 aliphatic rings. The van der Waals surface area contributed by atoms with Gasteiger partial charge in [0.2, 0.25) is 5.60 Å². The van der Waals surface area contributed by atoms with E-state index in [0.717, 1.165) is 6.08 Å². The molecule has 0 N–H and O–H groups in total. The van der Waals surface area contributed by atoms with Crippen LogP contribution in [0.4, 0.5) is 13.2 Å². The zero-order chi connectivity index (χ0) is 12.9. The van der Waals surface area contributed by atoms with Crippen LogP contribution in [0.3, 0.4) is 0 Å². The van der Waals surface area contributed by atoms with Crippen molar-refractivity contribution < 1.29 is 17.9 Å². The predicted octanol–water partition coefficient (Wildman–Crippen LogP) is 3.45. The summed E-state index contributed by atoms with van der Waals surface area (Å²) < 4.78 is 44.4. The lowest BCUT2D eigenvalue weighted by atomic mass is 9.98. The summed E-state index contributed by atoms with van der Waals surface area (Å²) >= 11 is 0. The molecule has 0 radical (unpaired) electrons. The smallest absolute Gasteiger partial charge is 0.356 e. The minimum absolute atomic E-state index is 0.0118. The van der Waals surface area contributed by atoms with Crippen molar-refractivity contribution in [3.05, 3.63) is 42.7 Å². The van der Waals surface area contributed by atoms with Gasteiger partial charge in [-0.1, -0.05) is 19.6 Å². The maximum absolute atomic E-state index is 13.1. The van der Waals surface area contributed by atoms with Crippen molar-refractivity contribution >= 4 is 0 Å². The third kappa shape index (κ3) is 2.66. The third-order valence-electron chi connectivity index (χ3n) is 2.29. The summed E-state index contributed by atoms with van der Waals surface area (Å²) in [4.78, 5) is 3.73. The normalized spacial score (nSPS) is 15.3. The van der Waals surface area contributed by atoms with Gasteiger partial charge < -0.3 is 4.74 Å². The van der Waals surface area contributed by atoms with Crippen molar-refractivity contribution in [3.8, 4) is 0 Å². The lowest BCUT2D eigenvalue weighted by Gasteiger charge is -2.32. The number of alkyl halides is 3. The Hall–Kier alpha value is -1.36. The van der Waals surface area contributed by atoms with Crippen molar-refractivity contribution in [2.75, 3.05) is 6.61 Å². The van der Waals surface area contributed by atoms with Crippen molar-refractivity contribution in [2.45, 2.75) is 25.1 Å². The van der Waals surface area contributed by atoms with Crippen LogP contribution in [-0.4, -0.2) is 17.8 Å². The van der Waals surface area contributed by atoms with Crippen LogP contribution in [0.5, 0.6) is 0 Å². The van der Waals surface area contributed by atoms with E-state index in [9.17, 15) is 13.2 Å². The van der Waals surface area contributed by atoms with Crippen molar-refractivity contribution in [1.82, 2.24) is 4.98 Å². The van der Waals surface area contributed by atoms with Crippen LogP contribution in [0.2, 0.25) is 0 Å². The maximum atomic E-state index is 13.1. The zero-order valence-corrected chi connectivity index (χ0v) is 9.50. The topological polar surface area (TPSA) is 22.1 Å². The molecule has 1 aromatic heterocycles. The fourth-order valence-electron chi connectivity index (χ4n) is 1.43. The molecule has 94 valence electrons. The van der Waals surface area contributed by atoms with Gasteiger partial charge in [-0.25, -0.2) is 0 Å². The molecule has 1 rings (SSSR count). The quantitative estimate of drug-likeness (QED) is 0.741. The van der Waals surface area contributed by atoms with Crippen LogP contribution in [0.25, 0.3) is 0 Å². The average molecular weight is 245 g/mol. The molecule has 17 heavy (non-hydrogen) atoms. The summed E-state index contributed by atoms with van der Waals surface area (Å²) in [7, 11) is 0. The molecule has 0 aliphatic heterocycles. The molecular weight excluding hydrogens is 231 g/mol. The van der Waals surface area contributed by atoms with Gasteiger partial charge in [0, 0.05) is 12.8 Å². The monoisotopic (exact) mass is 245 g/mol. The Morgan fingerprint density at radius 3 is 2.53 bits per heavy atom. The van der Waals surface area contributed by atoms with Crippen LogP contribution in [0.1, 0.15) is 19.0 Å². The highest BCUT2D eigenvalue weighted by atomic mass is 19.4. The highest BCUT2D eigenvalue weighted by molar-refractivity contribution is 5.22. The summed E-state index contributed by atoms with van der Waals surface area (Å²) in [6.07, 6.45) is -2.05. The Bertz CT molecular complexity index is 364. The van der Waals surface area contributed by atoms with Crippen LogP contribution in [0.15, 0.2) is 37.1 Å². The summed E-state index contributed by atoms with van der Waals surface area (Å²) in [6.45, 7) is 4.97. The number of aromatic nitrogens is 1. The first-order chi connectivity index (χ1) is 7.98. The minimum Gasteiger partial charge on any atom is -0.356 e. The van der Waals surface area contributed by atoms with E-state index < -0.39 is 11.8 Å². The van der Waals surface area contributed by atoms with Crippen LogP contribution < -0.4 is 0 Å². The largest absolute Gasteiger partial charge is 0.426 e. The fraction of sp³-hybridized carbons (Fsp3) is 0.417. The van der Waals surface area contributed by atoms with E-state index in [2.05, 4.69) is 11.6 Å². The highest BCUT2D eigenvalue weighted by Gasteiger charge is 2.56. The number of hydrogen-bond donors (Lipinski definition) is 0. The molecule has 2 nitrogen and oxygen atoms in total. The average Bonchev–Trinajstić information content (AvgIpc) is 2.30. The van der Waals surface area contributed by atoms with E-state index in [1.807, 2.05) is 0 Å². The fourth-order valence-corrected chi connectivity index (χ4v) is 1.43. The molecule has 5 heteroatoms. The van der Waals surface area contributed by atoms with Gasteiger partial charge in [-0.2, -0.15) is 13.2 Å². The van der Waals surface area contributed by atoms with Gasteiger partial charge in [0.15, 0.2) is 0 Å². The van der Waals surface area contributed by atoms with Gasteiger partial charge in [0.25, 0.3) is 0 Å². The Morgan fingerprint density at radius 2 is 2.12 bits per heavy atom. The SMILES string of the molecule is C=CC(OCCC)(c1ccccn1)C(F)(F)F. The van der Waals surface area contributed by atoms with Gasteiger partial charge >= 0.3 is 6.18 Å². The molecule has 0 amide bonds. The van der Waals surface area contributed by atoms with Crippen LogP contribution in [0, 0.1) is 0 Å². The van der Waals surface area contributed by atoms with Crippen LogP contribution in [-0.2, 0) is 10.3 Å². The van der Waals surface area contributed by atoms with Gasteiger partial charge in [0.1, 0.15) is 0 Å². The summed E-state index contributed by atoms with van der Waals surface area (Å²) in [6, 6.07) is 4.32. The van der Waals surface area contributed by atoms with E-state index in [-0.39, 0.29) is 12.3 Å². The predicted molar refractivity (Wildman–Crippen MR) is 58.4 cm³/mol. The van der Waals surface area contributed by atoms with Crippen LogP contribution >= 0.6 is 0 Å². The maximum Gasteiger partial charge on any atom is 0.426 e. The van der Waals surface area contributed by atoms with Crippen molar-refractivity contribution in [2.24, 2.45) is 0 Å². The molecule has 0 aliphatic carbocycles. The first-order valence-corrected chi connectivity index (χ1v) is 5.23. The number of halogens is 3. The van der Waals surface area contributed by atoms with Gasteiger partial charge in [-0.15, -0.1) is 0 Å². The van der Waals surface area contributed by atoms with Gasteiger partial charge in [-0.05, 0) is 24.6 Å². The number of hydrogen-bond acceptors (Lipinski definition) is 2. The molecular formula is C12H14F3NO. The van der Waals surface area contributed by atoms with E-state index in [1.165, 1.54) is 18.3 Å². The lowest BCUT2D eigenvalue weighted by molar-refractivity contribution is -0.265. The standard InChI is InChI=1S/C12H14F3NO/c1-3-9-17-11(4-2,12(13,14)15)10-7-5-6-8-16-10/h4-8H,2-3,9H2,1H3. The molecule has 0 aromatic carbocycles.